The Labute approximate surface area is 105 Å². The van der Waals surface area contributed by atoms with Gasteiger partial charge in [-0.25, -0.2) is 0 Å². The fourth-order valence-corrected chi connectivity index (χ4v) is 1.99. The van der Waals surface area contributed by atoms with Gasteiger partial charge in [0.15, 0.2) is 0 Å². The van der Waals surface area contributed by atoms with Crippen LogP contribution in [0.3, 0.4) is 0 Å². The lowest BCUT2D eigenvalue weighted by Crippen LogP contribution is -2.24. The van der Waals surface area contributed by atoms with Gasteiger partial charge in [0, 0.05) is 0 Å². The Morgan fingerprint density at radius 3 is 2.29 bits per heavy atom. The van der Waals surface area contributed by atoms with E-state index in [0.29, 0.717) is 0 Å². The van der Waals surface area contributed by atoms with Gasteiger partial charge in [-0.15, -0.1) is 0 Å². The number of hydrogen-bond donors (Lipinski definition) is 1. The van der Waals surface area contributed by atoms with Crippen molar-refractivity contribution < 1.29 is 5.11 Å². The molecule has 1 atom stereocenters. The third-order valence-corrected chi connectivity index (χ3v) is 3.28. The Morgan fingerprint density at radius 2 is 1.82 bits per heavy atom. The maximum Gasteiger partial charge on any atom is 0.0896 e. The van der Waals surface area contributed by atoms with Gasteiger partial charge in [-0.1, -0.05) is 48.4 Å². The molecule has 0 heterocycles. The van der Waals surface area contributed by atoms with Crippen molar-refractivity contribution in [1.82, 2.24) is 0 Å². The number of allylic oxidation sites excluding steroid dienone is 2. The van der Waals surface area contributed by atoms with Crippen LogP contribution < -0.4 is 0 Å². The number of hydrogen-bond acceptors (Lipinski definition) is 1. The highest BCUT2D eigenvalue weighted by Gasteiger charge is 2.25. The molecule has 0 spiro atoms. The van der Waals surface area contributed by atoms with Gasteiger partial charge < -0.3 is 5.11 Å². The van der Waals surface area contributed by atoms with Crippen LogP contribution in [0.25, 0.3) is 0 Å². The first-order valence-corrected chi connectivity index (χ1v) is 6.41. The summed E-state index contributed by atoms with van der Waals surface area (Å²) >= 11 is 0. The van der Waals surface area contributed by atoms with Gasteiger partial charge in [0.2, 0.25) is 0 Å². The molecule has 0 aromatic heterocycles. The van der Waals surface area contributed by atoms with Gasteiger partial charge in [0.05, 0.1) is 5.60 Å². The molecular weight excluding hydrogens is 208 g/mol. The lowest BCUT2D eigenvalue weighted by atomic mass is 9.86. The highest BCUT2D eigenvalue weighted by molar-refractivity contribution is 5.26. The van der Waals surface area contributed by atoms with Crippen LogP contribution in [0.2, 0.25) is 0 Å². The smallest absolute Gasteiger partial charge is 0.0896 e. The molecule has 0 amide bonds. The number of rotatable bonds is 5. The largest absolute Gasteiger partial charge is 0.385 e. The normalized spacial score (nSPS) is 14.2. The monoisotopic (exact) mass is 232 g/mol. The summed E-state index contributed by atoms with van der Waals surface area (Å²) in [6.07, 6.45) is 4.67. The minimum Gasteiger partial charge on any atom is -0.385 e. The van der Waals surface area contributed by atoms with E-state index in [1.807, 2.05) is 19.1 Å². The molecule has 0 aliphatic heterocycles. The summed E-state index contributed by atoms with van der Waals surface area (Å²) in [6, 6.07) is 8.22. The summed E-state index contributed by atoms with van der Waals surface area (Å²) in [5.41, 5.74) is 2.90. The molecule has 1 aromatic carbocycles. The Bertz CT molecular complexity index is 371. The molecule has 17 heavy (non-hydrogen) atoms. The molecule has 0 saturated heterocycles. The molecule has 0 aliphatic rings. The molecule has 0 aliphatic carbocycles. The molecule has 0 unspecified atom stereocenters. The third-order valence-electron chi connectivity index (χ3n) is 3.28. The van der Waals surface area contributed by atoms with Crippen molar-refractivity contribution in [3.63, 3.8) is 0 Å². The quantitative estimate of drug-likeness (QED) is 0.749. The zero-order chi connectivity index (χ0) is 12.9. The zero-order valence-electron chi connectivity index (χ0n) is 11.5. The third kappa shape index (κ3) is 4.01. The lowest BCUT2D eigenvalue weighted by Gasteiger charge is -2.27. The van der Waals surface area contributed by atoms with Crippen LogP contribution in [0.5, 0.6) is 0 Å². The van der Waals surface area contributed by atoms with Crippen LogP contribution in [-0.4, -0.2) is 5.11 Å². The van der Waals surface area contributed by atoms with E-state index in [9.17, 15) is 5.11 Å². The summed E-state index contributed by atoms with van der Waals surface area (Å²) in [7, 11) is 0. The minimum atomic E-state index is -0.681. The van der Waals surface area contributed by atoms with Crippen LogP contribution in [0.15, 0.2) is 35.9 Å². The number of aliphatic hydroxyl groups is 1. The van der Waals surface area contributed by atoms with Gasteiger partial charge in [-0.3, -0.25) is 0 Å². The van der Waals surface area contributed by atoms with E-state index in [2.05, 4.69) is 39.0 Å². The first kappa shape index (κ1) is 14.0. The van der Waals surface area contributed by atoms with Crippen LogP contribution in [0.1, 0.15) is 51.2 Å². The van der Waals surface area contributed by atoms with Crippen LogP contribution in [-0.2, 0) is 5.60 Å². The topological polar surface area (TPSA) is 20.2 Å². The fourth-order valence-electron chi connectivity index (χ4n) is 1.99. The van der Waals surface area contributed by atoms with Gasteiger partial charge in [-0.05, 0) is 45.6 Å². The van der Waals surface area contributed by atoms with Gasteiger partial charge in [-0.2, -0.15) is 0 Å². The first-order valence-electron chi connectivity index (χ1n) is 6.41. The van der Waals surface area contributed by atoms with E-state index in [1.165, 1.54) is 11.1 Å². The van der Waals surface area contributed by atoms with E-state index >= 15 is 0 Å². The van der Waals surface area contributed by atoms with Crippen molar-refractivity contribution >= 4 is 0 Å². The SMILES string of the molecule is CC[C@@](O)(CCC=C(C)C)c1ccc(C)cc1. The molecule has 94 valence electrons. The molecule has 0 fully saturated rings. The number of aryl methyl sites for hydroxylation is 1. The van der Waals surface area contributed by atoms with E-state index in [0.717, 1.165) is 24.8 Å². The van der Waals surface area contributed by atoms with Crippen molar-refractivity contribution in [2.75, 3.05) is 0 Å². The predicted molar refractivity (Wildman–Crippen MR) is 74.0 cm³/mol. The molecule has 1 heteroatoms. The maximum absolute atomic E-state index is 10.7. The van der Waals surface area contributed by atoms with Crippen molar-refractivity contribution in [3.05, 3.63) is 47.0 Å². The van der Waals surface area contributed by atoms with Gasteiger partial charge >= 0.3 is 0 Å². The second-order valence-corrected chi connectivity index (χ2v) is 5.07. The van der Waals surface area contributed by atoms with Crippen LogP contribution in [0.4, 0.5) is 0 Å². The Kier molecular flexibility index (Phi) is 4.95. The standard InChI is InChI=1S/C16H24O/c1-5-16(17,12-6-7-13(2)3)15-10-8-14(4)9-11-15/h7-11,17H,5-6,12H2,1-4H3/t16-/m1/s1. The first-order chi connectivity index (χ1) is 7.98. The Balaban J connectivity index is 2.80. The van der Waals surface area contributed by atoms with Crippen molar-refractivity contribution in [2.45, 2.75) is 52.6 Å². The zero-order valence-corrected chi connectivity index (χ0v) is 11.5. The maximum atomic E-state index is 10.7. The molecular formula is C16H24O. The second-order valence-electron chi connectivity index (χ2n) is 5.07. The molecule has 1 aromatic rings. The van der Waals surface area contributed by atoms with E-state index in [-0.39, 0.29) is 0 Å². The number of benzene rings is 1. The van der Waals surface area contributed by atoms with Gasteiger partial charge in [0.1, 0.15) is 0 Å². The summed E-state index contributed by atoms with van der Waals surface area (Å²) in [6.45, 7) is 8.30. The van der Waals surface area contributed by atoms with E-state index in [4.69, 9.17) is 0 Å². The van der Waals surface area contributed by atoms with E-state index < -0.39 is 5.60 Å². The van der Waals surface area contributed by atoms with Crippen molar-refractivity contribution in [2.24, 2.45) is 0 Å². The average Bonchev–Trinajstić information content (AvgIpc) is 2.29. The molecule has 0 bridgehead atoms. The summed E-state index contributed by atoms with van der Waals surface area (Å²) in [4.78, 5) is 0. The summed E-state index contributed by atoms with van der Waals surface area (Å²) < 4.78 is 0. The summed E-state index contributed by atoms with van der Waals surface area (Å²) in [5, 5.41) is 10.7. The molecule has 1 rings (SSSR count). The molecule has 0 radical (unpaired) electrons. The lowest BCUT2D eigenvalue weighted by molar-refractivity contribution is 0.0243. The highest BCUT2D eigenvalue weighted by Crippen LogP contribution is 2.30. The van der Waals surface area contributed by atoms with Crippen LogP contribution in [0, 0.1) is 6.92 Å². The molecule has 1 nitrogen and oxygen atoms in total. The molecule has 1 N–H and O–H groups in total. The average molecular weight is 232 g/mol. The minimum absolute atomic E-state index is 0.681. The Hall–Kier alpha value is -1.08. The van der Waals surface area contributed by atoms with Crippen molar-refractivity contribution in [3.8, 4) is 0 Å². The highest BCUT2D eigenvalue weighted by atomic mass is 16.3. The van der Waals surface area contributed by atoms with E-state index in [1.54, 1.807) is 0 Å². The van der Waals surface area contributed by atoms with Gasteiger partial charge in [0.25, 0.3) is 0 Å². The summed E-state index contributed by atoms with van der Waals surface area (Å²) in [5.74, 6) is 0. The second kappa shape index (κ2) is 6.02. The molecule has 0 saturated carbocycles. The van der Waals surface area contributed by atoms with Crippen LogP contribution >= 0.6 is 0 Å². The fraction of sp³-hybridized carbons (Fsp3) is 0.500. The predicted octanol–water partition coefficient (Wildman–Crippen LogP) is 4.34. The Morgan fingerprint density at radius 1 is 1.24 bits per heavy atom. The van der Waals surface area contributed by atoms with Crippen molar-refractivity contribution in [1.29, 1.82) is 0 Å².